The van der Waals surface area contributed by atoms with E-state index in [2.05, 4.69) is 71.2 Å². The molecule has 6 nitrogen and oxygen atoms in total. The third-order valence-corrected chi connectivity index (χ3v) is 7.03. The quantitative estimate of drug-likeness (QED) is 0.590. The number of likely N-dealkylation sites (N-methyl/N-ethyl adjacent to an activating group) is 1. The Morgan fingerprint density at radius 1 is 0.971 bits per heavy atom. The van der Waals surface area contributed by atoms with Gasteiger partial charge in [-0.25, -0.2) is 4.98 Å². The monoisotopic (exact) mass is 455 g/mol. The van der Waals surface area contributed by atoms with Crippen molar-refractivity contribution in [2.24, 2.45) is 0 Å². The molecule has 6 heteroatoms. The lowest BCUT2D eigenvalue weighted by Crippen LogP contribution is -2.45. The number of pyridine rings is 2. The van der Waals surface area contributed by atoms with E-state index in [9.17, 15) is 4.79 Å². The second-order valence-electron chi connectivity index (χ2n) is 9.60. The Balaban J connectivity index is 1.31. The Labute approximate surface area is 202 Å². The van der Waals surface area contributed by atoms with Crippen molar-refractivity contribution in [1.82, 2.24) is 19.8 Å². The number of aromatic nitrogens is 2. The first-order valence-electron chi connectivity index (χ1n) is 12.3. The van der Waals surface area contributed by atoms with Crippen LogP contribution in [0.3, 0.4) is 0 Å². The average molecular weight is 456 g/mol. The number of piperazine rings is 1. The Morgan fingerprint density at radius 2 is 1.79 bits per heavy atom. The molecule has 1 amide bonds. The molecule has 34 heavy (non-hydrogen) atoms. The van der Waals surface area contributed by atoms with Crippen molar-refractivity contribution in [3.63, 3.8) is 0 Å². The van der Waals surface area contributed by atoms with Crippen molar-refractivity contribution >= 4 is 11.7 Å². The highest BCUT2D eigenvalue weighted by molar-refractivity contribution is 5.95. The topological polar surface area (TPSA) is 52.6 Å². The van der Waals surface area contributed by atoms with E-state index >= 15 is 0 Å². The summed E-state index contributed by atoms with van der Waals surface area (Å²) in [6.45, 7) is 7.51. The van der Waals surface area contributed by atoms with Gasteiger partial charge in [-0.15, -0.1) is 0 Å². The van der Waals surface area contributed by atoms with E-state index in [1.807, 2.05) is 17.0 Å². The number of anilines is 1. The van der Waals surface area contributed by atoms with E-state index in [0.717, 1.165) is 73.9 Å². The lowest BCUT2D eigenvalue weighted by molar-refractivity contribution is 0.0706. The summed E-state index contributed by atoms with van der Waals surface area (Å²) in [7, 11) is 2.14. The fourth-order valence-electron chi connectivity index (χ4n) is 4.99. The molecule has 0 aliphatic carbocycles. The molecule has 2 aliphatic heterocycles. The summed E-state index contributed by atoms with van der Waals surface area (Å²) >= 11 is 0. The number of nitrogens with zero attached hydrogens (tertiary/aromatic N) is 5. The van der Waals surface area contributed by atoms with Crippen LogP contribution < -0.4 is 4.90 Å². The van der Waals surface area contributed by atoms with Crippen LogP contribution in [0.15, 0.2) is 60.8 Å². The minimum absolute atomic E-state index is 0.0947. The molecule has 0 N–H and O–H groups in total. The smallest absolute Gasteiger partial charge is 0.254 e. The normalized spacial score (nSPS) is 19.3. The number of rotatable bonds is 4. The lowest BCUT2D eigenvalue weighted by Gasteiger charge is -2.34. The van der Waals surface area contributed by atoms with Gasteiger partial charge in [0.05, 0.1) is 5.69 Å². The Bertz CT molecular complexity index is 1150. The molecule has 0 bridgehead atoms. The van der Waals surface area contributed by atoms with Crippen LogP contribution in [0.1, 0.15) is 40.4 Å². The Hall–Kier alpha value is -3.25. The van der Waals surface area contributed by atoms with E-state index in [1.54, 1.807) is 6.20 Å². The fraction of sp³-hybridized carbons (Fsp3) is 0.393. The molecule has 3 aromatic rings. The number of hydrogen-bond acceptors (Lipinski definition) is 5. The molecule has 1 atom stereocenters. The van der Waals surface area contributed by atoms with Crippen molar-refractivity contribution in [3.05, 3.63) is 77.6 Å². The van der Waals surface area contributed by atoms with Gasteiger partial charge in [0.15, 0.2) is 0 Å². The third kappa shape index (κ3) is 4.97. The average Bonchev–Trinajstić information content (AvgIpc) is 2.89. The van der Waals surface area contributed by atoms with E-state index in [-0.39, 0.29) is 11.8 Å². The highest BCUT2D eigenvalue weighted by atomic mass is 16.2. The minimum atomic E-state index is 0.0947. The van der Waals surface area contributed by atoms with Crippen LogP contribution in [-0.4, -0.2) is 72.0 Å². The van der Waals surface area contributed by atoms with Crippen LogP contribution in [-0.2, 0) is 0 Å². The minimum Gasteiger partial charge on any atom is -0.354 e. The van der Waals surface area contributed by atoms with Crippen molar-refractivity contribution < 1.29 is 4.79 Å². The zero-order chi connectivity index (χ0) is 23.5. The van der Waals surface area contributed by atoms with Crippen molar-refractivity contribution in [1.29, 1.82) is 0 Å². The summed E-state index contributed by atoms with van der Waals surface area (Å²) in [5.41, 5.74) is 5.16. The molecule has 0 radical (unpaired) electrons. The van der Waals surface area contributed by atoms with Gasteiger partial charge in [-0.1, -0.05) is 29.8 Å². The van der Waals surface area contributed by atoms with Crippen molar-refractivity contribution in [2.45, 2.75) is 25.7 Å². The summed E-state index contributed by atoms with van der Waals surface area (Å²) < 4.78 is 0. The molecule has 0 unspecified atom stereocenters. The van der Waals surface area contributed by atoms with Gasteiger partial charge in [-0.05, 0) is 57.1 Å². The van der Waals surface area contributed by atoms with E-state index in [1.165, 1.54) is 5.56 Å². The predicted molar refractivity (Wildman–Crippen MR) is 136 cm³/mol. The van der Waals surface area contributed by atoms with Crippen LogP contribution in [0.4, 0.5) is 5.82 Å². The number of piperidine rings is 1. The fourth-order valence-corrected chi connectivity index (χ4v) is 4.99. The summed E-state index contributed by atoms with van der Waals surface area (Å²) in [6.07, 6.45) is 3.81. The van der Waals surface area contributed by atoms with Crippen LogP contribution >= 0.6 is 0 Å². The molecule has 1 aromatic carbocycles. The van der Waals surface area contributed by atoms with E-state index in [4.69, 9.17) is 4.98 Å². The van der Waals surface area contributed by atoms with Crippen LogP contribution in [0.5, 0.6) is 0 Å². The summed E-state index contributed by atoms with van der Waals surface area (Å²) in [5, 5.41) is 0. The maximum Gasteiger partial charge on any atom is 0.254 e. The first-order chi connectivity index (χ1) is 16.6. The highest BCUT2D eigenvalue weighted by Gasteiger charge is 2.27. The van der Waals surface area contributed by atoms with Gasteiger partial charge >= 0.3 is 0 Å². The van der Waals surface area contributed by atoms with Crippen LogP contribution in [0.25, 0.3) is 11.3 Å². The number of carbonyl (C=O) groups is 1. The number of hydrogen-bond donors (Lipinski definition) is 0. The summed E-state index contributed by atoms with van der Waals surface area (Å²) in [4.78, 5) is 29.6. The number of carbonyl (C=O) groups excluding carboxylic acids is 1. The van der Waals surface area contributed by atoms with Crippen LogP contribution in [0, 0.1) is 6.92 Å². The molecule has 5 rings (SSSR count). The van der Waals surface area contributed by atoms with Crippen molar-refractivity contribution in [3.8, 4) is 11.3 Å². The number of amides is 1. The second kappa shape index (κ2) is 9.94. The zero-order valence-corrected chi connectivity index (χ0v) is 20.2. The first-order valence-corrected chi connectivity index (χ1v) is 12.3. The molecule has 4 heterocycles. The van der Waals surface area contributed by atoms with Crippen LogP contribution in [0.2, 0.25) is 0 Å². The molecule has 2 fully saturated rings. The Morgan fingerprint density at radius 3 is 2.62 bits per heavy atom. The molecule has 2 aliphatic rings. The number of benzene rings is 1. The largest absolute Gasteiger partial charge is 0.354 e. The van der Waals surface area contributed by atoms with Gasteiger partial charge in [0.2, 0.25) is 0 Å². The van der Waals surface area contributed by atoms with E-state index in [0.29, 0.717) is 6.54 Å². The zero-order valence-electron chi connectivity index (χ0n) is 20.2. The predicted octanol–water partition coefficient (Wildman–Crippen LogP) is 4.22. The van der Waals surface area contributed by atoms with Gasteiger partial charge in [-0.2, -0.15) is 0 Å². The highest BCUT2D eigenvalue weighted by Crippen LogP contribution is 2.29. The van der Waals surface area contributed by atoms with E-state index < -0.39 is 0 Å². The molecule has 2 saturated heterocycles. The SMILES string of the molecule is Cc1cccc(-c2cccc([C@H]3CCCN(C(=O)c4ccnc(N5CCN(C)CC5)c4)C3)n2)c1. The summed E-state index contributed by atoms with van der Waals surface area (Å²) in [5.74, 6) is 1.25. The maximum absolute atomic E-state index is 13.4. The first kappa shape index (κ1) is 22.5. The van der Waals surface area contributed by atoms with Crippen molar-refractivity contribution in [2.75, 3.05) is 51.2 Å². The molecule has 2 aromatic heterocycles. The van der Waals surface area contributed by atoms with Gasteiger partial charge in [0, 0.05) is 68.2 Å². The Kier molecular flexibility index (Phi) is 6.59. The van der Waals surface area contributed by atoms with Gasteiger partial charge in [0.1, 0.15) is 5.82 Å². The lowest BCUT2D eigenvalue weighted by atomic mass is 9.93. The van der Waals surface area contributed by atoms with Gasteiger partial charge in [0.25, 0.3) is 5.91 Å². The third-order valence-electron chi connectivity index (χ3n) is 7.03. The molecule has 0 spiro atoms. The van der Waals surface area contributed by atoms with Gasteiger partial charge in [-0.3, -0.25) is 9.78 Å². The summed E-state index contributed by atoms with van der Waals surface area (Å²) in [6, 6.07) is 18.5. The number of aryl methyl sites for hydroxylation is 1. The molecule has 176 valence electrons. The molecular formula is C28H33N5O. The van der Waals surface area contributed by atoms with Gasteiger partial charge < -0.3 is 14.7 Å². The molecule has 0 saturated carbocycles. The molecular weight excluding hydrogens is 422 g/mol. The maximum atomic E-state index is 13.4. The standard InChI is InChI=1S/C28H33N5O/c1-21-6-3-7-22(18-21)25-9-4-10-26(30-25)24-8-5-13-33(20-24)28(34)23-11-12-29-27(19-23)32-16-14-31(2)15-17-32/h3-4,6-7,9-12,18-19,24H,5,8,13-17,20H2,1-2H3/t24-/m0/s1. The second-order valence-corrected chi connectivity index (χ2v) is 9.60. The number of likely N-dealkylation sites (tertiary alicyclic amines) is 1.